The second-order valence-electron chi connectivity index (χ2n) is 3.69. The van der Waals surface area contributed by atoms with E-state index in [1.807, 2.05) is 0 Å². The summed E-state index contributed by atoms with van der Waals surface area (Å²) in [5.41, 5.74) is 4.65. The summed E-state index contributed by atoms with van der Waals surface area (Å²) in [5.74, 6) is -4.49. The van der Waals surface area contributed by atoms with Gasteiger partial charge >= 0.3 is 11.9 Å². The number of primary amides is 1. The van der Waals surface area contributed by atoms with Crippen molar-refractivity contribution in [2.75, 3.05) is 5.32 Å². The Morgan fingerprint density at radius 2 is 1.95 bits per heavy atom. The molecule has 8 heteroatoms. The normalized spacial score (nSPS) is 11.6. The molecule has 0 aliphatic heterocycles. The number of benzene rings is 1. The summed E-state index contributed by atoms with van der Waals surface area (Å²) >= 11 is 0. The van der Waals surface area contributed by atoms with Gasteiger partial charge in [0.1, 0.15) is 11.9 Å². The molecule has 0 saturated heterocycles. The first-order valence-corrected chi connectivity index (χ1v) is 5.11. The molecule has 102 valence electrons. The van der Waals surface area contributed by atoms with Gasteiger partial charge in [0.05, 0.1) is 12.1 Å². The zero-order chi connectivity index (χ0) is 14.6. The van der Waals surface area contributed by atoms with Crippen LogP contribution in [0.3, 0.4) is 0 Å². The lowest BCUT2D eigenvalue weighted by molar-refractivity contribution is -0.144. The minimum atomic E-state index is -1.48. The lowest BCUT2D eigenvalue weighted by Gasteiger charge is -2.14. The summed E-state index contributed by atoms with van der Waals surface area (Å²) in [6.45, 7) is 0. The molecule has 19 heavy (non-hydrogen) atoms. The Balaban J connectivity index is 2.94. The lowest BCUT2D eigenvalue weighted by atomic mass is 10.1. The van der Waals surface area contributed by atoms with Crippen LogP contribution in [0.15, 0.2) is 18.2 Å². The number of hydrogen-bond acceptors (Lipinski definition) is 4. The minimum absolute atomic E-state index is 0.0758. The van der Waals surface area contributed by atoms with Crippen molar-refractivity contribution in [1.82, 2.24) is 0 Å². The van der Waals surface area contributed by atoms with Gasteiger partial charge in [-0.1, -0.05) is 0 Å². The Labute approximate surface area is 106 Å². The van der Waals surface area contributed by atoms with E-state index in [0.29, 0.717) is 0 Å². The second kappa shape index (κ2) is 5.80. The summed E-state index contributed by atoms with van der Waals surface area (Å²) in [7, 11) is 0. The fourth-order valence-electron chi connectivity index (χ4n) is 1.35. The van der Waals surface area contributed by atoms with Gasteiger partial charge in [-0.2, -0.15) is 0 Å². The number of nitrogens with one attached hydrogen (secondary N) is 1. The Morgan fingerprint density at radius 3 is 2.37 bits per heavy atom. The smallest absolute Gasteiger partial charge is 0.326 e. The fraction of sp³-hybridized carbons (Fsp3) is 0.182. The number of carbonyl (C=O) groups is 3. The van der Waals surface area contributed by atoms with Gasteiger partial charge in [0.25, 0.3) is 0 Å². The Bertz CT molecular complexity index is 532. The van der Waals surface area contributed by atoms with Crippen LogP contribution in [0.25, 0.3) is 0 Å². The molecule has 7 nitrogen and oxygen atoms in total. The molecule has 0 radical (unpaired) electrons. The molecular weight excluding hydrogens is 259 g/mol. The van der Waals surface area contributed by atoms with Gasteiger partial charge in [0.15, 0.2) is 0 Å². The highest BCUT2D eigenvalue weighted by Crippen LogP contribution is 2.17. The maximum Gasteiger partial charge on any atom is 0.326 e. The van der Waals surface area contributed by atoms with E-state index in [0.717, 1.165) is 12.1 Å². The predicted molar refractivity (Wildman–Crippen MR) is 62.2 cm³/mol. The van der Waals surface area contributed by atoms with Crippen molar-refractivity contribution >= 4 is 23.5 Å². The van der Waals surface area contributed by atoms with Crippen molar-refractivity contribution in [3.8, 4) is 0 Å². The number of rotatable bonds is 6. The summed E-state index contributed by atoms with van der Waals surface area (Å²) in [6, 6.07) is 1.68. The molecule has 1 aromatic rings. The topological polar surface area (TPSA) is 130 Å². The van der Waals surface area contributed by atoms with Crippen molar-refractivity contribution in [2.45, 2.75) is 12.5 Å². The third-order valence-corrected chi connectivity index (χ3v) is 2.26. The van der Waals surface area contributed by atoms with Gasteiger partial charge in [-0.15, -0.1) is 0 Å². The number of carbonyl (C=O) groups excluding carboxylic acids is 1. The van der Waals surface area contributed by atoms with Crippen LogP contribution < -0.4 is 11.1 Å². The molecule has 0 heterocycles. The van der Waals surface area contributed by atoms with Crippen LogP contribution in [-0.4, -0.2) is 34.1 Å². The van der Waals surface area contributed by atoms with Crippen LogP contribution in [0.4, 0.5) is 10.1 Å². The predicted octanol–water partition coefficient (Wildman–Crippen LogP) is 0.264. The molecule has 1 atom stereocenters. The first-order valence-electron chi connectivity index (χ1n) is 5.11. The maximum atomic E-state index is 13.6. The van der Waals surface area contributed by atoms with Crippen LogP contribution in [0, 0.1) is 5.82 Å². The largest absolute Gasteiger partial charge is 0.481 e. The van der Waals surface area contributed by atoms with Crippen molar-refractivity contribution < 1.29 is 29.0 Å². The first kappa shape index (κ1) is 14.4. The van der Waals surface area contributed by atoms with Gasteiger partial charge in [-0.3, -0.25) is 9.59 Å². The Hall–Kier alpha value is -2.64. The summed E-state index contributed by atoms with van der Waals surface area (Å²) in [4.78, 5) is 32.1. The van der Waals surface area contributed by atoms with E-state index in [2.05, 4.69) is 5.32 Å². The molecule has 0 bridgehead atoms. The number of aliphatic carboxylic acids is 2. The molecule has 1 rings (SSSR count). The average Bonchev–Trinajstić information content (AvgIpc) is 2.29. The van der Waals surface area contributed by atoms with Gasteiger partial charge in [0, 0.05) is 5.56 Å². The van der Waals surface area contributed by atoms with E-state index < -0.39 is 36.1 Å². The number of carboxylic acid groups (broad SMARTS) is 2. The highest BCUT2D eigenvalue weighted by Gasteiger charge is 2.22. The van der Waals surface area contributed by atoms with Gasteiger partial charge in [-0.25, -0.2) is 9.18 Å². The van der Waals surface area contributed by atoms with Crippen molar-refractivity contribution in [3.05, 3.63) is 29.6 Å². The third-order valence-electron chi connectivity index (χ3n) is 2.26. The van der Waals surface area contributed by atoms with E-state index in [4.69, 9.17) is 15.9 Å². The highest BCUT2D eigenvalue weighted by atomic mass is 19.1. The lowest BCUT2D eigenvalue weighted by Crippen LogP contribution is -2.32. The number of nitrogens with two attached hydrogens (primary N) is 1. The molecule has 0 spiro atoms. The molecule has 0 fully saturated rings. The quantitative estimate of drug-likeness (QED) is 0.586. The highest BCUT2D eigenvalue weighted by molar-refractivity contribution is 5.93. The number of carboxylic acids is 2. The molecule has 0 saturated carbocycles. The van der Waals surface area contributed by atoms with E-state index in [1.54, 1.807) is 0 Å². The van der Waals surface area contributed by atoms with Crippen LogP contribution in [0.5, 0.6) is 0 Å². The zero-order valence-electron chi connectivity index (χ0n) is 9.59. The molecule has 0 aliphatic rings. The molecule has 1 aromatic carbocycles. The van der Waals surface area contributed by atoms with E-state index >= 15 is 0 Å². The Kier molecular flexibility index (Phi) is 4.41. The number of halogens is 1. The Morgan fingerprint density at radius 1 is 1.32 bits per heavy atom. The molecule has 0 aliphatic carbocycles. The SMILES string of the molecule is NC(=O)c1ccc(NC(CC(=O)O)C(=O)O)c(F)c1. The second-order valence-corrected chi connectivity index (χ2v) is 3.69. The summed E-state index contributed by atoms with van der Waals surface area (Å²) in [5, 5.41) is 19.6. The van der Waals surface area contributed by atoms with Crippen molar-refractivity contribution in [1.29, 1.82) is 0 Å². The fourth-order valence-corrected chi connectivity index (χ4v) is 1.35. The van der Waals surface area contributed by atoms with Gasteiger partial charge in [-0.05, 0) is 18.2 Å². The van der Waals surface area contributed by atoms with Crippen LogP contribution in [-0.2, 0) is 9.59 Å². The summed E-state index contributed by atoms with van der Waals surface area (Å²) in [6.07, 6.45) is -0.716. The number of anilines is 1. The van der Waals surface area contributed by atoms with Crippen LogP contribution in [0.2, 0.25) is 0 Å². The van der Waals surface area contributed by atoms with Crippen LogP contribution in [0.1, 0.15) is 16.8 Å². The van der Waals surface area contributed by atoms with Crippen molar-refractivity contribution in [2.24, 2.45) is 5.73 Å². The van der Waals surface area contributed by atoms with Crippen LogP contribution >= 0.6 is 0 Å². The third kappa shape index (κ3) is 3.95. The van der Waals surface area contributed by atoms with E-state index in [1.165, 1.54) is 6.07 Å². The minimum Gasteiger partial charge on any atom is -0.481 e. The summed E-state index contributed by atoms with van der Waals surface area (Å²) < 4.78 is 13.6. The first-order chi connectivity index (χ1) is 8.81. The number of hydrogen-bond donors (Lipinski definition) is 4. The average molecular weight is 270 g/mol. The standard InChI is InChI=1S/C11H11FN2O5/c12-6-3-5(10(13)17)1-2-7(6)14-8(11(18)19)4-9(15)16/h1-3,8,14H,4H2,(H2,13,17)(H,15,16)(H,18,19). The van der Waals surface area contributed by atoms with E-state index in [9.17, 15) is 18.8 Å². The zero-order valence-corrected chi connectivity index (χ0v) is 9.59. The van der Waals surface area contributed by atoms with E-state index in [-0.39, 0.29) is 11.3 Å². The van der Waals surface area contributed by atoms with Gasteiger partial charge < -0.3 is 21.3 Å². The monoisotopic (exact) mass is 270 g/mol. The molecule has 1 unspecified atom stereocenters. The molecule has 0 aromatic heterocycles. The molecule has 5 N–H and O–H groups in total. The molecular formula is C11H11FN2O5. The maximum absolute atomic E-state index is 13.6. The number of amides is 1. The van der Waals surface area contributed by atoms with Gasteiger partial charge in [0.2, 0.25) is 5.91 Å². The van der Waals surface area contributed by atoms with Crippen molar-refractivity contribution in [3.63, 3.8) is 0 Å². The molecule has 1 amide bonds.